The Labute approximate surface area is 144 Å². The fourth-order valence-electron chi connectivity index (χ4n) is 2.43. The normalized spacial score (nSPS) is 15.6. The van der Waals surface area contributed by atoms with E-state index in [4.69, 9.17) is 4.74 Å². The first kappa shape index (κ1) is 17.5. The lowest BCUT2D eigenvalue weighted by atomic mass is 10.1. The third-order valence-electron chi connectivity index (χ3n) is 3.69. The summed E-state index contributed by atoms with van der Waals surface area (Å²) in [6, 6.07) is 9.63. The lowest BCUT2D eigenvalue weighted by molar-refractivity contribution is -0.127. The zero-order valence-electron chi connectivity index (χ0n) is 12.9. The highest BCUT2D eigenvalue weighted by Gasteiger charge is 2.23. The molecule has 1 heterocycles. The number of carbonyl (C=O) groups excluding carboxylic acids is 2. The molecule has 0 saturated carbocycles. The molecule has 1 saturated heterocycles. The minimum absolute atomic E-state index is 0.0227. The fourth-order valence-corrected chi connectivity index (χ4v) is 2.61. The molecule has 124 valence electrons. The molecule has 0 bridgehead atoms. The molecule has 2 amide bonds. The van der Waals surface area contributed by atoms with Crippen molar-refractivity contribution in [3.8, 4) is 0 Å². The van der Waals surface area contributed by atoms with Gasteiger partial charge in [0.15, 0.2) is 0 Å². The van der Waals surface area contributed by atoms with E-state index in [9.17, 15) is 9.59 Å². The second-order valence-corrected chi connectivity index (χ2v) is 6.01. The molecule has 0 aliphatic carbocycles. The Morgan fingerprint density at radius 1 is 1.26 bits per heavy atom. The van der Waals surface area contributed by atoms with Gasteiger partial charge in [0.05, 0.1) is 0 Å². The lowest BCUT2D eigenvalue weighted by Gasteiger charge is -2.31. The first-order chi connectivity index (χ1) is 11.2. The average molecular weight is 381 g/mol. The highest BCUT2D eigenvalue weighted by Crippen LogP contribution is 2.11. The Morgan fingerprint density at radius 3 is 2.61 bits per heavy atom. The first-order valence-corrected chi connectivity index (χ1v) is 8.80. The highest BCUT2D eigenvalue weighted by atomic mass is 79.9. The summed E-state index contributed by atoms with van der Waals surface area (Å²) in [5.41, 5.74) is 0.960. The molecule has 1 aromatic rings. The van der Waals surface area contributed by atoms with E-state index in [1.54, 1.807) is 17.1 Å². The molecule has 1 aliphatic rings. The summed E-state index contributed by atoms with van der Waals surface area (Å²) in [6.45, 7) is 1.56. The van der Waals surface area contributed by atoms with Crippen LogP contribution in [0.5, 0.6) is 0 Å². The van der Waals surface area contributed by atoms with Crippen molar-refractivity contribution in [2.24, 2.45) is 0 Å². The average Bonchev–Trinajstić information content (AvgIpc) is 2.59. The number of hydrogen-bond acceptors (Lipinski definition) is 3. The monoisotopic (exact) mass is 380 g/mol. The highest BCUT2D eigenvalue weighted by molar-refractivity contribution is 9.09. The summed E-state index contributed by atoms with van der Waals surface area (Å²) in [4.78, 5) is 25.5. The number of piperidine rings is 1. The Morgan fingerprint density at radius 2 is 1.96 bits per heavy atom. The molecule has 1 fully saturated rings. The molecule has 1 N–H and O–H groups in total. The van der Waals surface area contributed by atoms with Crippen LogP contribution in [0.1, 0.15) is 18.4 Å². The number of nitrogens with one attached hydrogen (secondary N) is 1. The van der Waals surface area contributed by atoms with Crippen LogP contribution >= 0.6 is 15.9 Å². The Kier molecular flexibility index (Phi) is 7.13. The lowest BCUT2D eigenvalue weighted by Crippen LogP contribution is -2.46. The summed E-state index contributed by atoms with van der Waals surface area (Å²) in [5, 5.41) is 3.54. The molecule has 0 atom stereocenters. The van der Waals surface area contributed by atoms with Gasteiger partial charge in [-0.2, -0.15) is 0 Å². The summed E-state index contributed by atoms with van der Waals surface area (Å²) in [6.07, 6.45) is 4.45. The molecule has 1 aliphatic heterocycles. The number of hydrogen-bond donors (Lipinski definition) is 1. The molecule has 0 unspecified atom stereocenters. The summed E-state index contributed by atoms with van der Waals surface area (Å²) >= 11 is 3.25. The third kappa shape index (κ3) is 6.06. The van der Waals surface area contributed by atoms with Crippen LogP contribution in [0.2, 0.25) is 0 Å². The van der Waals surface area contributed by atoms with Gasteiger partial charge in [0.1, 0.15) is 6.61 Å². The van der Waals surface area contributed by atoms with Crippen LogP contribution in [0.15, 0.2) is 42.5 Å². The van der Waals surface area contributed by atoms with E-state index < -0.39 is 6.09 Å². The Balaban J connectivity index is 1.68. The van der Waals surface area contributed by atoms with Crippen molar-refractivity contribution < 1.29 is 14.3 Å². The van der Waals surface area contributed by atoms with Gasteiger partial charge in [-0.1, -0.05) is 52.3 Å². The maximum Gasteiger partial charge on any atom is 0.407 e. The number of ether oxygens (including phenoxy) is 1. The van der Waals surface area contributed by atoms with Crippen LogP contribution in [-0.4, -0.2) is 41.4 Å². The van der Waals surface area contributed by atoms with Crippen molar-refractivity contribution in [2.45, 2.75) is 25.5 Å². The SMILES string of the molecule is O=C(NC1CCN(C(=O)/C=C/CBr)CC1)OCc1ccccc1. The molecule has 1 aromatic carbocycles. The van der Waals surface area contributed by atoms with Crippen molar-refractivity contribution >= 4 is 27.9 Å². The minimum atomic E-state index is -0.405. The number of alkyl carbamates (subject to hydrolysis) is 1. The topological polar surface area (TPSA) is 58.6 Å². The van der Waals surface area contributed by atoms with Crippen LogP contribution in [0, 0.1) is 0 Å². The molecule has 23 heavy (non-hydrogen) atoms. The van der Waals surface area contributed by atoms with Crippen molar-refractivity contribution in [3.63, 3.8) is 0 Å². The molecule has 0 radical (unpaired) electrons. The number of benzene rings is 1. The zero-order chi connectivity index (χ0) is 16.5. The zero-order valence-corrected chi connectivity index (χ0v) is 14.5. The third-order valence-corrected chi connectivity index (χ3v) is 4.06. The van der Waals surface area contributed by atoms with E-state index in [1.807, 2.05) is 30.3 Å². The molecular formula is C17H21BrN2O3. The van der Waals surface area contributed by atoms with Crippen LogP contribution < -0.4 is 5.32 Å². The maximum atomic E-state index is 11.9. The molecule has 6 heteroatoms. The predicted octanol–water partition coefficient (Wildman–Crippen LogP) is 2.85. The van der Waals surface area contributed by atoms with Gasteiger partial charge in [0, 0.05) is 24.5 Å². The van der Waals surface area contributed by atoms with E-state index in [2.05, 4.69) is 21.2 Å². The number of carbonyl (C=O) groups is 2. The van der Waals surface area contributed by atoms with E-state index in [1.165, 1.54) is 0 Å². The largest absolute Gasteiger partial charge is 0.445 e. The van der Waals surface area contributed by atoms with Crippen LogP contribution in [0.4, 0.5) is 4.79 Å². The smallest absolute Gasteiger partial charge is 0.407 e. The van der Waals surface area contributed by atoms with Crippen LogP contribution in [-0.2, 0) is 16.1 Å². The number of nitrogens with zero attached hydrogens (tertiary/aromatic N) is 1. The van der Waals surface area contributed by atoms with E-state index >= 15 is 0 Å². The van der Waals surface area contributed by atoms with Gasteiger partial charge in [-0.15, -0.1) is 0 Å². The second kappa shape index (κ2) is 9.35. The number of likely N-dealkylation sites (tertiary alicyclic amines) is 1. The van der Waals surface area contributed by atoms with Crippen LogP contribution in [0.25, 0.3) is 0 Å². The number of alkyl halides is 1. The molecular weight excluding hydrogens is 360 g/mol. The Hall–Kier alpha value is -1.82. The number of rotatable bonds is 5. The number of halogens is 1. The van der Waals surface area contributed by atoms with Gasteiger partial charge >= 0.3 is 6.09 Å². The summed E-state index contributed by atoms with van der Waals surface area (Å²) in [5.74, 6) is 0.0227. The quantitative estimate of drug-likeness (QED) is 0.630. The van der Waals surface area contributed by atoms with Crippen molar-refractivity contribution in [3.05, 3.63) is 48.0 Å². The van der Waals surface area contributed by atoms with E-state index in [-0.39, 0.29) is 18.6 Å². The van der Waals surface area contributed by atoms with Crippen molar-refractivity contribution in [2.75, 3.05) is 18.4 Å². The fraction of sp³-hybridized carbons (Fsp3) is 0.412. The van der Waals surface area contributed by atoms with Crippen molar-refractivity contribution in [1.82, 2.24) is 10.2 Å². The predicted molar refractivity (Wildman–Crippen MR) is 92.3 cm³/mol. The minimum Gasteiger partial charge on any atom is -0.445 e. The maximum absolute atomic E-state index is 11.9. The number of allylic oxidation sites excluding steroid dienone is 1. The molecule has 2 rings (SSSR count). The molecule has 0 aromatic heterocycles. The summed E-state index contributed by atoms with van der Waals surface area (Å²) < 4.78 is 5.21. The van der Waals surface area contributed by atoms with Gasteiger partial charge in [-0.25, -0.2) is 4.79 Å². The van der Waals surface area contributed by atoms with Gasteiger partial charge in [0.2, 0.25) is 5.91 Å². The van der Waals surface area contributed by atoms with Gasteiger partial charge < -0.3 is 15.0 Å². The van der Waals surface area contributed by atoms with Gasteiger partial charge in [-0.3, -0.25) is 4.79 Å². The molecule has 0 spiro atoms. The second-order valence-electron chi connectivity index (χ2n) is 5.36. The van der Waals surface area contributed by atoms with Crippen molar-refractivity contribution in [1.29, 1.82) is 0 Å². The van der Waals surface area contributed by atoms with E-state index in [0.717, 1.165) is 18.4 Å². The standard InChI is InChI=1S/C17H21BrN2O3/c18-10-4-7-16(21)20-11-8-15(9-12-20)19-17(22)23-13-14-5-2-1-3-6-14/h1-7,15H,8-13H2,(H,19,22)/b7-4+. The number of amides is 2. The molecule has 5 nitrogen and oxygen atoms in total. The van der Waals surface area contributed by atoms with Gasteiger partial charge in [-0.05, 0) is 24.5 Å². The summed E-state index contributed by atoms with van der Waals surface area (Å²) in [7, 11) is 0. The van der Waals surface area contributed by atoms with E-state index in [0.29, 0.717) is 18.4 Å². The first-order valence-electron chi connectivity index (χ1n) is 7.67. The van der Waals surface area contributed by atoms with Gasteiger partial charge in [0.25, 0.3) is 0 Å². The van der Waals surface area contributed by atoms with Crippen LogP contribution in [0.3, 0.4) is 0 Å². The Bertz CT molecular complexity index is 540.